The SMILES string of the molecule is CCCCCCCCCC(=O)N1CCC2(CC1)C(=O)N(CC(=O)N1CCOCC1)CN2c1ccccc1. The van der Waals surface area contributed by atoms with E-state index < -0.39 is 5.54 Å². The lowest BCUT2D eigenvalue weighted by Crippen LogP contribution is -2.57. The maximum absolute atomic E-state index is 13.9. The van der Waals surface area contributed by atoms with Crippen molar-refractivity contribution >= 4 is 23.4 Å². The van der Waals surface area contributed by atoms with Gasteiger partial charge in [-0.3, -0.25) is 14.4 Å². The number of rotatable bonds is 11. The standard InChI is InChI=1S/C29H44N4O4/c1-2-3-4-5-6-7-11-14-26(34)30-17-15-29(16-18-30)28(36)32(23-27(35)31-19-21-37-22-20-31)24-33(29)25-12-9-8-10-13-25/h8-10,12-13H,2-7,11,14-24H2,1H3. The number of para-hydroxylation sites is 1. The predicted molar refractivity (Wildman–Crippen MR) is 144 cm³/mol. The number of likely N-dealkylation sites (tertiary alicyclic amines) is 1. The molecule has 3 amide bonds. The normalized spacial score (nSPS) is 19.6. The molecule has 8 heteroatoms. The predicted octanol–water partition coefficient (Wildman–Crippen LogP) is 3.65. The minimum atomic E-state index is -0.706. The highest BCUT2D eigenvalue weighted by molar-refractivity contribution is 5.96. The Balaban J connectivity index is 1.36. The number of unbranched alkanes of at least 4 members (excludes halogenated alkanes) is 6. The highest BCUT2D eigenvalue weighted by atomic mass is 16.5. The number of morpholine rings is 1. The second kappa shape index (κ2) is 13.3. The van der Waals surface area contributed by atoms with E-state index in [-0.39, 0.29) is 24.3 Å². The van der Waals surface area contributed by atoms with Crippen LogP contribution in [0.2, 0.25) is 0 Å². The molecule has 3 heterocycles. The van der Waals surface area contributed by atoms with Crippen LogP contribution in [-0.4, -0.2) is 90.6 Å². The number of piperidine rings is 1. The molecule has 1 spiro atoms. The number of anilines is 1. The van der Waals surface area contributed by atoms with Crippen LogP contribution in [0.4, 0.5) is 5.69 Å². The van der Waals surface area contributed by atoms with Gasteiger partial charge < -0.3 is 24.3 Å². The second-order valence-corrected chi connectivity index (χ2v) is 10.7. The Labute approximate surface area is 221 Å². The van der Waals surface area contributed by atoms with E-state index in [0.717, 1.165) is 18.5 Å². The summed E-state index contributed by atoms with van der Waals surface area (Å²) in [7, 11) is 0. The van der Waals surface area contributed by atoms with Crippen molar-refractivity contribution in [3.05, 3.63) is 30.3 Å². The van der Waals surface area contributed by atoms with Gasteiger partial charge in [-0.05, 0) is 31.4 Å². The van der Waals surface area contributed by atoms with Crippen LogP contribution >= 0.6 is 0 Å². The van der Waals surface area contributed by atoms with E-state index in [0.29, 0.717) is 65.3 Å². The van der Waals surface area contributed by atoms with Gasteiger partial charge in [-0.25, -0.2) is 0 Å². The van der Waals surface area contributed by atoms with Crippen molar-refractivity contribution in [3.8, 4) is 0 Å². The highest BCUT2D eigenvalue weighted by Gasteiger charge is 2.54. The Morgan fingerprint density at radius 2 is 1.46 bits per heavy atom. The zero-order chi connectivity index (χ0) is 26.1. The number of benzene rings is 1. The van der Waals surface area contributed by atoms with E-state index in [9.17, 15) is 14.4 Å². The van der Waals surface area contributed by atoms with Crippen LogP contribution in [0.5, 0.6) is 0 Å². The van der Waals surface area contributed by atoms with E-state index in [1.807, 2.05) is 35.2 Å². The number of carbonyl (C=O) groups is 3. The van der Waals surface area contributed by atoms with Crippen molar-refractivity contribution in [1.82, 2.24) is 14.7 Å². The first-order valence-electron chi connectivity index (χ1n) is 14.3. The first kappa shape index (κ1) is 27.4. The zero-order valence-electron chi connectivity index (χ0n) is 22.5. The third kappa shape index (κ3) is 6.64. The molecular weight excluding hydrogens is 468 g/mol. The van der Waals surface area contributed by atoms with Crippen molar-refractivity contribution in [2.75, 3.05) is 57.5 Å². The van der Waals surface area contributed by atoms with Gasteiger partial charge in [0.1, 0.15) is 12.1 Å². The Kier molecular flexibility index (Phi) is 9.83. The van der Waals surface area contributed by atoms with Gasteiger partial charge >= 0.3 is 0 Å². The lowest BCUT2D eigenvalue weighted by molar-refractivity contribution is -0.143. The van der Waals surface area contributed by atoms with Crippen molar-refractivity contribution in [2.24, 2.45) is 0 Å². The molecule has 3 fully saturated rings. The largest absolute Gasteiger partial charge is 0.378 e. The summed E-state index contributed by atoms with van der Waals surface area (Å²) in [6.07, 6.45) is 10.1. The zero-order valence-corrected chi connectivity index (χ0v) is 22.5. The van der Waals surface area contributed by atoms with E-state index >= 15 is 0 Å². The molecule has 3 aliphatic rings. The van der Waals surface area contributed by atoms with Gasteiger partial charge in [-0.1, -0.05) is 63.6 Å². The van der Waals surface area contributed by atoms with E-state index in [4.69, 9.17) is 4.74 Å². The van der Waals surface area contributed by atoms with Crippen LogP contribution in [0.15, 0.2) is 30.3 Å². The van der Waals surface area contributed by atoms with E-state index in [1.54, 1.807) is 9.80 Å². The van der Waals surface area contributed by atoms with Crippen LogP contribution in [0.25, 0.3) is 0 Å². The van der Waals surface area contributed by atoms with Gasteiger partial charge in [0.25, 0.3) is 5.91 Å². The van der Waals surface area contributed by atoms with Crippen LogP contribution in [0.1, 0.15) is 71.1 Å². The molecule has 8 nitrogen and oxygen atoms in total. The molecular formula is C29H44N4O4. The Hall–Kier alpha value is -2.61. The Bertz CT molecular complexity index is 894. The first-order valence-corrected chi connectivity index (χ1v) is 14.3. The van der Waals surface area contributed by atoms with Crippen molar-refractivity contribution < 1.29 is 19.1 Å². The van der Waals surface area contributed by atoms with Gasteiger partial charge in [0.05, 0.1) is 19.9 Å². The van der Waals surface area contributed by atoms with Gasteiger partial charge in [-0.2, -0.15) is 0 Å². The smallest absolute Gasteiger partial charge is 0.250 e. The molecule has 3 saturated heterocycles. The van der Waals surface area contributed by atoms with Gasteiger partial charge in [0.15, 0.2) is 0 Å². The first-order chi connectivity index (χ1) is 18.0. The summed E-state index contributed by atoms with van der Waals surface area (Å²) in [6, 6.07) is 9.99. The summed E-state index contributed by atoms with van der Waals surface area (Å²) < 4.78 is 5.37. The van der Waals surface area contributed by atoms with Gasteiger partial charge in [0, 0.05) is 38.3 Å². The number of carbonyl (C=O) groups excluding carboxylic acids is 3. The fourth-order valence-corrected chi connectivity index (χ4v) is 5.92. The molecule has 1 aromatic rings. The molecule has 0 aromatic heterocycles. The molecule has 0 radical (unpaired) electrons. The summed E-state index contributed by atoms with van der Waals surface area (Å²) in [5, 5.41) is 0. The molecule has 4 rings (SSSR count). The topological polar surface area (TPSA) is 73.4 Å². The van der Waals surface area contributed by atoms with Gasteiger partial charge in [0.2, 0.25) is 11.8 Å². The van der Waals surface area contributed by atoms with Crippen molar-refractivity contribution in [1.29, 1.82) is 0 Å². The number of hydrogen-bond donors (Lipinski definition) is 0. The molecule has 37 heavy (non-hydrogen) atoms. The second-order valence-electron chi connectivity index (χ2n) is 10.7. The maximum Gasteiger partial charge on any atom is 0.250 e. The Morgan fingerprint density at radius 3 is 2.14 bits per heavy atom. The molecule has 0 aliphatic carbocycles. The third-order valence-electron chi connectivity index (χ3n) is 8.21. The maximum atomic E-state index is 13.9. The summed E-state index contributed by atoms with van der Waals surface area (Å²) in [4.78, 5) is 47.3. The van der Waals surface area contributed by atoms with Crippen molar-refractivity contribution in [3.63, 3.8) is 0 Å². The summed E-state index contributed by atoms with van der Waals surface area (Å²) >= 11 is 0. The Morgan fingerprint density at radius 1 is 0.838 bits per heavy atom. The number of amides is 3. The fourth-order valence-electron chi connectivity index (χ4n) is 5.92. The van der Waals surface area contributed by atoms with Crippen LogP contribution in [-0.2, 0) is 19.1 Å². The fraction of sp³-hybridized carbons (Fsp3) is 0.690. The van der Waals surface area contributed by atoms with Crippen molar-refractivity contribution in [2.45, 2.75) is 76.7 Å². The van der Waals surface area contributed by atoms with Gasteiger partial charge in [-0.15, -0.1) is 0 Å². The van der Waals surface area contributed by atoms with E-state index in [2.05, 4.69) is 11.8 Å². The van der Waals surface area contributed by atoms with E-state index in [1.165, 1.54) is 32.1 Å². The average Bonchev–Trinajstić information content (AvgIpc) is 3.20. The summed E-state index contributed by atoms with van der Waals surface area (Å²) in [6.45, 7) is 6.10. The van der Waals surface area contributed by atoms with Crippen LogP contribution < -0.4 is 4.90 Å². The summed E-state index contributed by atoms with van der Waals surface area (Å²) in [5.41, 5.74) is 0.280. The number of nitrogens with zero attached hydrogens (tertiary/aromatic N) is 4. The molecule has 0 atom stereocenters. The molecule has 0 N–H and O–H groups in total. The third-order valence-corrected chi connectivity index (χ3v) is 8.21. The average molecular weight is 513 g/mol. The quantitative estimate of drug-likeness (QED) is 0.423. The minimum Gasteiger partial charge on any atom is -0.378 e. The molecule has 3 aliphatic heterocycles. The molecule has 204 valence electrons. The number of ether oxygens (including phenoxy) is 1. The molecule has 0 saturated carbocycles. The highest BCUT2D eigenvalue weighted by Crippen LogP contribution is 2.39. The monoisotopic (exact) mass is 512 g/mol. The molecule has 0 bridgehead atoms. The minimum absolute atomic E-state index is 0.0112. The van der Waals surface area contributed by atoms with Crippen LogP contribution in [0.3, 0.4) is 0 Å². The van der Waals surface area contributed by atoms with Crippen LogP contribution in [0, 0.1) is 0 Å². The molecule has 1 aromatic carbocycles. The molecule has 0 unspecified atom stereocenters. The lowest BCUT2D eigenvalue weighted by atomic mass is 9.85. The number of hydrogen-bond acceptors (Lipinski definition) is 5. The lowest BCUT2D eigenvalue weighted by Gasteiger charge is -2.43. The summed E-state index contributed by atoms with van der Waals surface area (Å²) in [5.74, 6) is 0.195.